The van der Waals surface area contributed by atoms with Crippen LogP contribution in [0.1, 0.15) is 0 Å². The summed E-state index contributed by atoms with van der Waals surface area (Å²) in [5.74, 6) is -0.149. The Bertz CT molecular complexity index is 871. The fraction of sp³-hybridized carbons (Fsp3) is 0.0769. The highest BCUT2D eigenvalue weighted by Crippen LogP contribution is 2.28. The molecule has 0 bridgehead atoms. The zero-order valence-corrected chi connectivity index (χ0v) is 14.7. The van der Waals surface area contributed by atoms with E-state index in [2.05, 4.69) is 36.5 Å². The number of halogens is 1. The molecule has 23 heavy (non-hydrogen) atoms. The first kappa shape index (κ1) is 16.0. The number of amides is 1. The van der Waals surface area contributed by atoms with Gasteiger partial charge in [0.2, 0.25) is 5.91 Å². The highest BCUT2D eigenvalue weighted by Gasteiger charge is 2.09. The number of hydrogen-bond acceptors (Lipinski definition) is 6. The molecule has 0 radical (unpaired) electrons. The van der Waals surface area contributed by atoms with Gasteiger partial charge in [-0.3, -0.25) is 10.2 Å². The first-order valence-corrected chi connectivity index (χ1v) is 9.04. The minimum Gasteiger partial charge on any atom is -0.272 e. The van der Waals surface area contributed by atoms with E-state index in [4.69, 9.17) is 0 Å². The summed E-state index contributed by atoms with van der Waals surface area (Å²) in [6.07, 6.45) is 1.21. The minimum absolute atomic E-state index is 0.158. The van der Waals surface area contributed by atoms with Crippen molar-refractivity contribution in [2.24, 2.45) is 0 Å². The SMILES string of the molecule is O=C(CSc1nc(-c2ccc(Br)cc2)cs1)Nn1cn[nH]c1=O. The monoisotopic (exact) mass is 411 g/mol. The van der Waals surface area contributed by atoms with Crippen LogP contribution in [0.25, 0.3) is 11.3 Å². The van der Waals surface area contributed by atoms with Gasteiger partial charge >= 0.3 is 5.69 Å². The number of nitrogens with one attached hydrogen (secondary N) is 2. The van der Waals surface area contributed by atoms with Crippen LogP contribution in [0.3, 0.4) is 0 Å². The second kappa shape index (κ2) is 7.11. The minimum atomic E-state index is -0.491. The van der Waals surface area contributed by atoms with Crippen LogP contribution in [-0.4, -0.2) is 31.5 Å². The summed E-state index contributed by atoms with van der Waals surface area (Å²) < 4.78 is 2.80. The molecule has 0 saturated carbocycles. The summed E-state index contributed by atoms with van der Waals surface area (Å²) in [5.41, 5.74) is 3.83. The highest BCUT2D eigenvalue weighted by molar-refractivity contribution is 9.10. The zero-order valence-electron chi connectivity index (χ0n) is 11.5. The van der Waals surface area contributed by atoms with Crippen LogP contribution in [0, 0.1) is 0 Å². The average molecular weight is 412 g/mol. The molecular formula is C13H10BrN5O2S2. The molecule has 0 unspecified atom stereocenters. The normalized spacial score (nSPS) is 10.7. The number of aromatic amines is 1. The Hall–Kier alpha value is -1.91. The fourth-order valence-corrected chi connectivity index (χ4v) is 3.59. The largest absolute Gasteiger partial charge is 0.362 e. The van der Waals surface area contributed by atoms with Crippen LogP contribution in [0.5, 0.6) is 0 Å². The molecule has 0 saturated heterocycles. The molecule has 7 nitrogen and oxygen atoms in total. The van der Waals surface area contributed by atoms with E-state index in [0.29, 0.717) is 0 Å². The van der Waals surface area contributed by atoms with Crippen molar-refractivity contribution in [2.45, 2.75) is 4.34 Å². The van der Waals surface area contributed by atoms with Gasteiger partial charge in [-0.15, -0.1) is 11.3 Å². The lowest BCUT2D eigenvalue weighted by Crippen LogP contribution is -2.31. The molecule has 0 spiro atoms. The van der Waals surface area contributed by atoms with Gasteiger partial charge in [-0.05, 0) is 12.1 Å². The topological polar surface area (TPSA) is 92.7 Å². The summed E-state index contributed by atoms with van der Waals surface area (Å²) in [7, 11) is 0. The van der Waals surface area contributed by atoms with E-state index in [1.165, 1.54) is 29.4 Å². The van der Waals surface area contributed by atoms with Gasteiger partial charge in [0, 0.05) is 15.4 Å². The summed E-state index contributed by atoms with van der Waals surface area (Å²) >= 11 is 6.19. The molecule has 2 N–H and O–H groups in total. The smallest absolute Gasteiger partial charge is 0.272 e. The van der Waals surface area contributed by atoms with E-state index in [-0.39, 0.29) is 11.7 Å². The van der Waals surface area contributed by atoms with Crippen molar-refractivity contribution >= 4 is 44.9 Å². The first-order chi connectivity index (χ1) is 11.1. The number of carbonyl (C=O) groups excluding carboxylic acids is 1. The van der Waals surface area contributed by atoms with Crippen LogP contribution >= 0.6 is 39.0 Å². The number of carbonyl (C=O) groups is 1. The third-order valence-electron chi connectivity index (χ3n) is 2.75. The van der Waals surface area contributed by atoms with E-state index in [0.717, 1.165) is 24.7 Å². The van der Waals surface area contributed by atoms with Crippen molar-refractivity contribution < 1.29 is 4.79 Å². The Morgan fingerprint density at radius 3 is 2.87 bits per heavy atom. The van der Waals surface area contributed by atoms with Crippen LogP contribution in [0.2, 0.25) is 0 Å². The number of nitrogens with zero attached hydrogens (tertiary/aromatic N) is 3. The van der Waals surface area contributed by atoms with Gasteiger partial charge in [-0.1, -0.05) is 39.8 Å². The molecule has 1 aromatic carbocycles. The molecule has 0 atom stereocenters. The van der Waals surface area contributed by atoms with Gasteiger partial charge in [0.25, 0.3) is 0 Å². The van der Waals surface area contributed by atoms with Crippen LogP contribution < -0.4 is 11.1 Å². The Morgan fingerprint density at radius 2 is 2.17 bits per heavy atom. The summed E-state index contributed by atoms with van der Waals surface area (Å²) in [6, 6.07) is 7.87. The van der Waals surface area contributed by atoms with Crippen molar-refractivity contribution in [3.05, 3.63) is 50.9 Å². The number of rotatable bonds is 5. The van der Waals surface area contributed by atoms with Crippen molar-refractivity contribution in [3.63, 3.8) is 0 Å². The highest BCUT2D eigenvalue weighted by atomic mass is 79.9. The molecule has 2 aromatic heterocycles. The second-order valence-corrected chi connectivity index (χ2v) is 7.36. The summed E-state index contributed by atoms with van der Waals surface area (Å²) in [6.45, 7) is 0. The predicted octanol–water partition coefficient (Wildman–Crippen LogP) is 2.32. The summed E-state index contributed by atoms with van der Waals surface area (Å²) in [5, 5.41) is 7.67. The molecule has 2 heterocycles. The molecule has 0 fully saturated rings. The van der Waals surface area contributed by atoms with Gasteiger partial charge in [0.05, 0.1) is 11.4 Å². The Labute approximate surface area is 147 Å². The quantitative estimate of drug-likeness (QED) is 0.628. The number of thioether (sulfide) groups is 1. The molecule has 3 rings (SSSR count). The number of H-pyrrole nitrogens is 1. The molecule has 10 heteroatoms. The van der Waals surface area contributed by atoms with Crippen LogP contribution in [-0.2, 0) is 4.79 Å². The van der Waals surface area contributed by atoms with Gasteiger partial charge in [0.15, 0.2) is 4.34 Å². The van der Waals surface area contributed by atoms with Crippen LogP contribution in [0.4, 0.5) is 0 Å². The number of hydrogen-bond donors (Lipinski definition) is 2. The summed E-state index contributed by atoms with van der Waals surface area (Å²) in [4.78, 5) is 27.5. The molecule has 118 valence electrons. The Balaban J connectivity index is 1.59. The van der Waals surface area contributed by atoms with Gasteiger partial charge in [-0.25, -0.2) is 14.9 Å². The van der Waals surface area contributed by atoms with Crippen molar-refractivity contribution in [1.29, 1.82) is 0 Å². The maximum Gasteiger partial charge on any atom is 0.362 e. The van der Waals surface area contributed by atoms with Crippen molar-refractivity contribution in [1.82, 2.24) is 19.9 Å². The molecule has 0 aliphatic heterocycles. The van der Waals surface area contributed by atoms with E-state index >= 15 is 0 Å². The molecule has 0 aliphatic carbocycles. The lowest BCUT2D eigenvalue weighted by Gasteiger charge is -2.02. The van der Waals surface area contributed by atoms with Crippen molar-refractivity contribution in [2.75, 3.05) is 11.2 Å². The van der Waals surface area contributed by atoms with Crippen molar-refractivity contribution in [3.8, 4) is 11.3 Å². The standard InChI is InChI=1S/C13H10BrN5O2S2/c14-9-3-1-8(2-4-9)10-5-22-13(16-10)23-6-11(20)18-19-7-15-17-12(19)21/h1-5,7H,6H2,(H,17,21)(H,18,20). The lowest BCUT2D eigenvalue weighted by atomic mass is 10.2. The lowest BCUT2D eigenvalue weighted by molar-refractivity contribution is -0.114. The molecule has 1 amide bonds. The number of thiazole rings is 1. The average Bonchev–Trinajstić information content (AvgIpc) is 3.16. The Morgan fingerprint density at radius 1 is 1.39 bits per heavy atom. The van der Waals surface area contributed by atoms with E-state index in [9.17, 15) is 9.59 Å². The predicted molar refractivity (Wildman–Crippen MR) is 93.2 cm³/mol. The van der Waals surface area contributed by atoms with E-state index < -0.39 is 5.69 Å². The zero-order chi connectivity index (χ0) is 16.2. The Kier molecular flexibility index (Phi) is 4.94. The second-order valence-electron chi connectivity index (χ2n) is 4.36. The number of aromatic nitrogens is 4. The maximum atomic E-state index is 11.8. The third kappa shape index (κ3) is 4.09. The first-order valence-electron chi connectivity index (χ1n) is 6.38. The molecule has 0 aliphatic rings. The van der Waals surface area contributed by atoms with Crippen LogP contribution in [0.15, 0.2) is 49.6 Å². The maximum absolute atomic E-state index is 11.8. The number of benzene rings is 1. The van der Waals surface area contributed by atoms with Gasteiger partial charge < -0.3 is 0 Å². The molecule has 3 aromatic rings. The van der Waals surface area contributed by atoms with Gasteiger partial charge in [-0.2, -0.15) is 9.77 Å². The van der Waals surface area contributed by atoms with E-state index in [1.54, 1.807) is 0 Å². The third-order valence-corrected chi connectivity index (χ3v) is 5.30. The molecular weight excluding hydrogens is 402 g/mol. The fourth-order valence-electron chi connectivity index (χ4n) is 1.70. The van der Waals surface area contributed by atoms with E-state index in [1.807, 2.05) is 29.6 Å². The van der Waals surface area contributed by atoms with Gasteiger partial charge in [0.1, 0.15) is 6.33 Å².